The molecular formula is C23H32F2N6O2. The second-order valence-corrected chi connectivity index (χ2v) is 8.61. The van der Waals surface area contributed by atoms with E-state index in [9.17, 15) is 19.0 Å². The first-order valence-corrected chi connectivity index (χ1v) is 10.8. The number of piperazine rings is 1. The van der Waals surface area contributed by atoms with E-state index >= 15 is 0 Å². The van der Waals surface area contributed by atoms with Crippen LogP contribution in [0, 0.1) is 18.6 Å². The van der Waals surface area contributed by atoms with Gasteiger partial charge in [0.1, 0.15) is 18.0 Å². The highest BCUT2D eigenvalue weighted by molar-refractivity contribution is 5.64. The van der Waals surface area contributed by atoms with Crippen LogP contribution in [0.3, 0.4) is 0 Å². The standard InChI is InChI=1S/C23H28F2N6O2.2H2/c1-16-7-19(27-22-26-15-31(28-22)21-10-17(24)9-18(25)11-21)12-20(8-16)29-3-5-30(6-4-29)23(2,13-32)14-33;;/h7-12,15,32-33H,3-6,13-14H2,1-2H3,(H,27,28);2*1H. The maximum absolute atomic E-state index is 13.5. The first-order chi connectivity index (χ1) is 15.8. The molecule has 0 amide bonds. The van der Waals surface area contributed by atoms with Crippen molar-refractivity contribution >= 4 is 17.3 Å². The minimum absolute atomic E-state index is 0. The third-order valence-corrected chi connectivity index (χ3v) is 6.01. The molecule has 0 unspecified atom stereocenters. The number of aryl methyl sites for hydroxylation is 1. The van der Waals surface area contributed by atoms with Crippen LogP contribution in [0.2, 0.25) is 0 Å². The van der Waals surface area contributed by atoms with Gasteiger partial charge in [-0.15, -0.1) is 5.10 Å². The Balaban J connectivity index is 0.00000216. The largest absolute Gasteiger partial charge is 0.394 e. The van der Waals surface area contributed by atoms with Gasteiger partial charge < -0.3 is 20.4 Å². The topological polar surface area (TPSA) is 89.7 Å². The number of rotatable bonds is 7. The first-order valence-electron chi connectivity index (χ1n) is 10.8. The van der Waals surface area contributed by atoms with Crippen molar-refractivity contribution in [3.8, 4) is 5.69 Å². The number of nitrogens with zero attached hydrogens (tertiary/aromatic N) is 5. The second kappa shape index (κ2) is 9.42. The molecule has 2 heterocycles. The van der Waals surface area contributed by atoms with Gasteiger partial charge in [0.25, 0.3) is 0 Å². The molecule has 8 nitrogen and oxygen atoms in total. The van der Waals surface area contributed by atoms with Crippen molar-refractivity contribution in [2.24, 2.45) is 0 Å². The van der Waals surface area contributed by atoms with Crippen molar-refractivity contribution in [2.45, 2.75) is 19.4 Å². The lowest BCUT2D eigenvalue weighted by molar-refractivity contribution is -0.00355. The maximum Gasteiger partial charge on any atom is 0.246 e. The Morgan fingerprint density at radius 2 is 1.64 bits per heavy atom. The molecule has 180 valence electrons. The van der Waals surface area contributed by atoms with Crippen molar-refractivity contribution in [1.29, 1.82) is 0 Å². The molecule has 0 spiro atoms. The average molecular weight is 463 g/mol. The van der Waals surface area contributed by atoms with E-state index < -0.39 is 17.2 Å². The molecule has 2 aromatic carbocycles. The molecule has 0 bridgehead atoms. The zero-order valence-corrected chi connectivity index (χ0v) is 18.7. The molecule has 3 N–H and O–H groups in total. The predicted molar refractivity (Wildman–Crippen MR) is 126 cm³/mol. The van der Waals surface area contributed by atoms with E-state index in [2.05, 4.69) is 31.3 Å². The summed E-state index contributed by atoms with van der Waals surface area (Å²) in [5.41, 5.74) is 2.51. The lowest BCUT2D eigenvalue weighted by atomic mass is 10.0. The lowest BCUT2D eigenvalue weighted by Gasteiger charge is -2.44. The van der Waals surface area contributed by atoms with Gasteiger partial charge in [-0.05, 0) is 49.7 Å². The van der Waals surface area contributed by atoms with Crippen LogP contribution in [-0.4, -0.2) is 74.8 Å². The Morgan fingerprint density at radius 3 is 2.27 bits per heavy atom. The van der Waals surface area contributed by atoms with E-state index in [1.54, 1.807) is 0 Å². The van der Waals surface area contributed by atoms with Crippen LogP contribution in [0.25, 0.3) is 5.69 Å². The average Bonchev–Trinajstić information content (AvgIpc) is 3.26. The molecule has 0 atom stereocenters. The Kier molecular flexibility index (Phi) is 6.59. The fraction of sp³-hybridized carbons (Fsp3) is 0.391. The summed E-state index contributed by atoms with van der Waals surface area (Å²) < 4.78 is 28.3. The Labute approximate surface area is 194 Å². The summed E-state index contributed by atoms with van der Waals surface area (Å²) in [5.74, 6) is -1.06. The summed E-state index contributed by atoms with van der Waals surface area (Å²) >= 11 is 0. The van der Waals surface area contributed by atoms with Crippen LogP contribution < -0.4 is 10.2 Å². The molecule has 0 radical (unpaired) electrons. The summed E-state index contributed by atoms with van der Waals surface area (Å²) in [4.78, 5) is 8.57. The van der Waals surface area contributed by atoms with Crippen LogP contribution in [0.15, 0.2) is 42.7 Å². The highest BCUT2D eigenvalue weighted by Crippen LogP contribution is 2.26. The maximum atomic E-state index is 13.5. The van der Waals surface area contributed by atoms with Gasteiger partial charge in [-0.25, -0.2) is 13.5 Å². The Morgan fingerprint density at radius 1 is 0.970 bits per heavy atom. The van der Waals surface area contributed by atoms with E-state index in [0.29, 0.717) is 5.95 Å². The minimum atomic E-state index is -0.684. The molecule has 33 heavy (non-hydrogen) atoms. The normalized spacial score (nSPS) is 15.2. The minimum Gasteiger partial charge on any atom is -0.394 e. The van der Waals surface area contributed by atoms with Gasteiger partial charge in [-0.1, -0.05) is 0 Å². The van der Waals surface area contributed by atoms with Crippen molar-refractivity contribution in [1.82, 2.24) is 19.7 Å². The van der Waals surface area contributed by atoms with Gasteiger partial charge in [-0.3, -0.25) is 4.90 Å². The van der Waals surface area contributed by atoms with Crippen LogP contribution in [0.1, 0.15) is 15.3 Å². The number of anilines is 3. The van der Waals surface area contributed by atoms with Crippen molar-refractivity contribution in [3.05, 3.63) is 59.9 Å². The van der Waals surface area contributed by atoms with Crippen molar-refractivity contribution < 1.29 is 21.8 Å². The van der Waals surface area contributed by atoms with Gasteiger partial charge in [0, 0.05) is 46.5 Å². The number of hydrogen-bond donors (Lipinski definition) is 3. The SMILES string of the molecule is Cc1cc(Nc2ncn(-c3cc(F)cc(F)c3)n2)cc(N2CCN(C(C)(CO)CO)CC2)c1.[HH].[HH]. The quantitative estimate of drug-likeness (QED) is 0.497. The zero-order chi connectivity index (χ0) is 23.6. The van der Waals surface area contributed by atoms with Gasteiger partial charge >= 0.3 is 0 Å². The molecule has 1 saturated heterocycles. The molecule has 0 aliphatic carbocycles. The van der Waals surface area contributed by atoms with Gasteiger partial charge in [0.05, 0.1) is 24.4 Å². The molecule has 10 heteroatoms. The molecule has 1 fully saturated rings. The number of benzene rings is 2. The molecular weight excluding hydrogens is 430 g/mol. The highest BCUT2D eigenvalue weighted by atomic mass is 19.1. The van der Waals surface area contributed by atoms with Gasteiger partial charge in [0.15, 0.2) is 0 Å². The number of aromatic nitrogens is 3. The van der Waals surface area contributed by atoms with Gasteiger partial charge in [0.2, 0.25) is 5.95 Å². The third kappa shape index (κ3) is 5.13. The van der Waals surface area contributed by atoms with E-state index in [0.717, 1.165) is 49.2 Å². The van der Waals surface area contributed by atoms with E-state index in [1.807, 2.05) is 26.0 Å². The van der Waals surface area contributed by atoms with Crippen LogP contribution in [0.4, 0.5) is 26.1 Å². The first kappa shape index (κ1) is 23.1. The lowest BCUT2D eigenvalue weighted by Crippen LogP contribution is -2.59. The number of aliphatic hydroxyl groups excluding tert-OH is 2. The number of nitrogens with one attached hydrogen (secondary N) is 1. The molecule has 1 aromatic heterocycles. The van der Waals surface area contributed by atoms with Crippen molar-refractivity contribution in [3.63, 3.8) is 0 Å². The van der Waals surface area contributed by atoms with Gasteiger partial charge in [-0.2, -0.15) is 4.98 Å². The summed E-state index contributed by atoms with van der Waals surface area (Å²) in [5, 5.41) is 26.8. The number of hydrogen-bond acceptors (Lipinski definition) is 7. The van der Waals surface area contributed by atoms with Crippen LogP contribution in [-0.2, 0) is 0 Å². The Bertz CT molecular complexity index is 1100. The molecule has 1 aliphatic rings. The number of aliphatic hydroxyl groups is 2. The summed E-state index contributed by atoms with van der Waals surface area (Å²) in [6, 6.07) is 9.25. The fourth-order valence-corrected chi connectivity index (χ4v) is 4.02. The number of halogens is 2. The monoisotopic (exact) mass is 462 g/mol. The van der Waals surface area contributed by atoms with E-state index in [1.165, 1.54) is 23.1 Å². The van der Waals surface area contributed by atoms with E-state index in [4.69, 9.17) is 0 Å². The highest BCUT2D eigenvalue weighted by Gasteiger charge is 2.33. The fourth-order valence-electron chi connectivity index (χ4n) is 4.02. The molecule has 4 rings (SSSR count). The summed E-state index contributed by atoms with van der Waals surface area (Å²) in [6.07, 6.45) is 1.39. The van der Waals surface area contributed by atoms with Crippen molar-refractivity contribution in [2.75, 3.05) is 49.6 Å². The predicted octanol–water partition coefficient (Wildman–Crippen LogP) is 2.95. The van der Waals surface area contributed by atoms with Crippen LogP contribution >= 0.6 is 0 Å². The Hall–Kier alpha value is -3.08. The van der Waals surface area contributed by atoms with Crippen LogP contribution in [0.5, 0.6) is 0 Å². The third-order valence-electron chi connectivity index (χ3n) is 6.01. The summed E-state index contributed by atoms with van der Waals surface area (Å²) in [6.45, 7) is 6.65. The smallest absolute Gasteiger partial charge is 0.246 e. The zero-order valence-electron chi connectivity index (χ0n) is 18.7. The summed E-state index contributed by atoms with van der Waals surface area (Å²) in [7, 11) is 0. The molecule has 3 aromatic rings. The molecule has 0 saturated carbocycles. The molecule has 1 aliphatic heterocycles. The second-order valence-electron chi connectivity index (χ2n) is 8.61. The van der Waals surface area contributed by atoms with E-state index in [-0.39, 0.29) is 21.8 Å².